The van der Waals surface area contributed by atoms with Crippen molar-refractivity contribution in [3.63, 3.8) is 0 Å². The van der Waals surface area contributed by atoms with Crippen molar-refractivity contribution in [1.29, 1.82) is 0 Å². The number of thioether (sulfide) groups is 1. The Morgan fingerprint density at radius 1 is 0.900 bits per heavy atom. The lowest BCUT2D eigenvalue weighted by atomic mass is 9.86. The minimum atomic E-state index is 0.460. The van der Waals surface area contributed by atoms with Crippen molar-refractivity contribution in [1.82, 2.24) is 0 Å². The van der Waals surface area contributed by atoms with E-state index in [1.54, 1.807) is 0 Å². The van der Waals surface area contributed by atoms with Gasteiger partial charge in [0, 0.05) is 16.6 Å². The topological polar surface area (TPSA) is 0 Å². The van der Waals surface area contributed by atoms with E-state index in [4.69, 9.17) is 0 Å². The predicted octanol–water partition coefficient (Wildman–Crippen LogP) is 5.60. The van der Waals surface area contributed by atoms with Crippen LogP contribution in [0.1, 0.15) is 29.5 Å². The zero-order valence-electron chi connectivity index (χ0n) is 11.5. The highest BCUT2D eigenvalue weighted by atomic mass is 32.2. The number of hydrogen-bond acceptors (Lipinski definition) is 1. The summed E-state index contributed by atoms with van der Waals surface area (Å²) in [5, 5.41) is 2.76. The average Bonchev–Trinajstić information content (AvgIpc) is 2.65. The summed E-state index contributed by atoms with van der Waals surface area (Å²) in [6.07, 6.45) is 0. The molecule has 1 atom stereocenters. The van der Waals surface area contributed by atoms with Crippen LogP contribution >= 0.6 is 11.8 Å². The lowest BCUT2D eigenvalue weighted by molar-refractivity contribution is 0.900. The molecule has 1 heterocycles. The fraction of sp³-hybridized carbons (Fsp3) is 0.158. The highest BCUT2D eigenvalue weighted by Gasteiger charge is 2.21. The lowest BCUT2D eigenvalue weighted by Gasteiger charge is -2.17. The van der Waals surface area contributed by atoms with Gasteiger partial charge in [0.05, 0.1) is 0 Å². The predicted molar refractivity (Wildman–Crippen MR) is 87.5 cm³/mol. The summed E-state index contributed by atoms with van der Waals surface area (Å²) >= 11 is 1.96. The maximum Gasteiger partial charge on any atom is 0.0235 e. The quantitative estimate of drug-likeness (QED) is 0.515. The Hall–Kier alpha value is -1.73. The first-order chi connectivity index (χ1) is 9.84. The summed E-state index contributed by atoms with van der Waals surface area (Å²) in [4.78, 5) is 1.43. The van der Waals surface area contributed by atoms with Crippen molar-refractivity contribution in [2.75, 3.05) is 0 Å². The van der Waals surface area contributed by atoms with Crippen LogP contribution in [0.4, 0.5) is 0 Å². The van der Waals surface area contributed by atoms with Crippen LogP contribution in [-0.4, -0.2) is 0 Å². The molecule has 0 nitrogen and oxygen atoms in total. The van der Waals surface area contributed by atoms with Crippen LogP contribution in [0, 0.1) is 0 Å². The van der Waals surface area contributed by atoms with Crippen molar-refractivity contribution in [3.8, 4) is 0 Å². The molecule has 0 aliphatic carbocycles. The highest BCUT2D eigenvalue weighted by molar-refractivity contribution is 7.98. The van der Waals surface area contributed by atoms with Gasteiger partial charge in [-0.25, -0.2) is 0 Å². The second-order valence-electron chi connectivity index (χ2n) is 5.41. The van der Waals surface area contributed by atoms with Gasteiger partial charge in [-0.3, -0.25) is 0 Å². The summed E-state index contributed by atoms with van der Waals surface area (Å²) in [5.41, 5.74) is 4.46. The molecule has 0 aromatic heterocycles. The number of rotatable bonds is 0. The first-order valence-corrected chi connectivity index (χ1v) is 8.05. The van der Waals surface area contributed by atoms with E-state index < -0.39 is 0 Å². The average molecular weight is 276 g/mol. The fourth-order valence-electron chi connectivity index (χ4n) is 3.26. The molecule has 0 fully saturated rings. The lowest BCUT2D eigenvalue weighted by Crippen LogP contribution is -2.00. The van der Waals surface area contributed by atoms with Crippen LogP contribution in [0.25, 0.3) is 10.8 Å². The molecule has 1 unspecified atom stereocenters. The summed E-state index contributed by atoms with van der Waals surface area (Å²) in [7, 11) is 0. The van der Waals surface area contributed by atoms with E-state index >= 15 is 0 Å². The molecule has 4 rings (SSSR count). The van der Waals surface area contributed by atoms with Gasteiger partial charge in [0.1, 0.15) is 0 Å². The van der Waals surface area contributed by atoms with Gasteiger partial charge in [0.2, 0.25) is 0 Å². The summed E-state index contributed by atoms with van der Waals surface area (Å²) in [6.45, 7) is 2.34. The van der Waals surface area contributed by atoms with Gasteiger partial charge >= 0.3 is 0 Å². The van der Waals surface area contributed by atoms with Gasteiger partial charge in [0.25, 0.3) is 0 Å². The maximum atomic E-state index is 2.34. The van der Waals surface area contributed by atoms with Crippen molar-refractivity contribution < 1.29 is 0 Å². The third kappa shape index (κ3) is 1.77. The van der Waals surface area contributed by atoms with Crippen LogP contribution in [0.3, 0.4) is 0 Å². The Balaban J connectivity index is 2.03. The molecule has 98 valence electrons. The molecule has 0 amide bonds. The van der Waals surface area contributed by atoms with Crippen molar-refractivity contribution in [2.24, 2.45) is 0 Å². The van der Waals surface area contributed by atoms with Crippen molar-refractivity contribution in [3.05, 3.63) is 77.4 Å². The molecular formula is C19H16S. The van der Waals surface area contributed by atoms with Gasteiger partial charge in [-0.05, 0) is 33.5 Å². The van der Waals surface area contributed by atoms with Crippen LogP contribution in [0.2, 0.25) is 0 Å². The van der Waals surface area contributed by atoms with Gasteiger partial charge in [-0.1, -0.05) is 61.5 Å². The van der Waals surface area contributed by atoms with Crippen LogP contribution in [0.5, 0.6) is 0 Å². The van der Waals surface area contributed by atoms with Gasteiger partial charge < -0.3 is 0 Å². The SMILES string of the molecule is CC1c2ccccc2SCc2ccc3ccccc3c21. The monoisotopic (exact) mass is 276 g/mol. The molecule has 1 aliphatic rings. The molecule has 20 heavy (non-hydrogen) atoms. The summed E-state index contributed by atoms with van der Waals surface area (Å²) < 4.78 is 0. The van der Waals surface area contributed by atoms with E-state index in [2.05, 4.69) is 67.6 Å². The fourth-order valence-corrected chi connectivity index (χ4v) is 4.41. The Kier molecular flexibility index (Phi) is 2.82. The zero-order chi connectivity index (χ0) is 13.5. The molecule has 0 saturated heterocycles. The van der Waals surface area contributed by atoms with E-state index in [0.717, 1.165) is 5.75 Å². The Bertz CT molecular complexity index is 789. The van der Waals surface area contributed by atoms with Crippen LogP contribution < -0.4 is 0 Å². The minimum Gasteiger partial charge on any atom is -0.121 e. The van der Waals surface area contributed by atoms with E-state index in [-0.39, 0.29) is 0 Å². The van der Waals surface area contributed by atoms with E-state index in [9.17, 15) is 0 Å². The van der Waals surface area contributed by atoms with E-state index in [1.165, 1.54) is 32.4 Å². The molecule has 0 N–H and O–H groups in total. The van der Waals surface area contributed by atoms with Crippen LogP contribution in [0.15, 0.2) is 65.6 Å². The number of hydrogen-bond donors (Lipinski definition) is 0. The second-order valence-corrected chi connectivity index (χ2v) is 6.42. The van der Waals surface area contributed by atoms with Gasteiger partial charge in [0.15, 0.2) is 0 Å². The van der Waals surface area contributed by atoms with Crippen LogP contribution in [-0.2, 0) is 5.75 Å². The Labute approximate surface area is 123 Å². The molecule has 0 bridgehead atoms. The highest BCUT2D eigenvalue weighted by Crippen LogP contribution is 2.42. The molecule has 0 saturated carbocycles. The largest absolute Gasteiger partial charge is 0.121 e. The molecule has 1 heteroatoms. The maximum absolute atomic E-state index is 2.34. The molecule has 0 spiro atoms. The number of benzene rings is 3. The molecule has 3 aromatic carbocycles. The molecule has 0 radical (unpaired) electrons. The third-order valence-electron chi connectivity index (χ3n) is 4.26. The second kappa shape index (κ2) is 4.68. The van der Waals surface area contributed by atoms with Gasteiger partial charge in [-0.2, -0.15) is 0 Å². The zero-order valence-corrected chi connectivity index (χ0v) is 12.3. The van der Waals surface area contributed by atoms with Crippen molar-refractivity contribution >= 4 is 22.5 Å². The Morgan fingerprint density at radius 2 is 1.70 bits per heavy atom. The smallest absolute Gasteiger partial charge is 0.0235 e. The van der Waals surface area contributed by atoms with E-state index in [1.807, 2.05) is 11.8 Å². The first-order valence-electron chi connectivity index (χ1n) is 7.07. The number of fused-ring (bicyclic) bond motifs is 4. The summed E-state index contributed by atoms with van der Waals surface area (Å²) in [5.74, 6) is 1.53. The van der Waals surface area contributed by atoms with Crippen molar-refractivity contribution in [2.45, 2.75) is 23.5 Å². The Morgan fingerprint density at radius 3 is 2.65 bits per heavy atom. The molecular weight excluding hydrogens is 260 g/mol. The first kappa shape index (κ1) is 12.0. The standard InChI is InChI=1S/C19H16S/c1-13-16-7-4-5-9-18(16)20-12-15-11-10-14-6-2-3-8-17(14)19(13)15/h2-11,13H,12H2,1H3. The molecule has 1 aliphatic heterocycles. The molecule has 3 aromatic rings. The normalized spacial score (nSPS) is 17.4. The summed E-state index contributed by atoms with van der Waals surface area (Å²) in [6, 6.07) is 22.2. The van der Waals surface area contributed by atoms with E-state index in [0.29, 0.717) is 5.92 Å². The third-order valence-corrected chi connectivity index (χ3v) is 5.40. The van der Waals surface area contributed by atoms with Gasteiger partial charge in [-0.15, -0.1) is 11.8 Å². The minimum absolute atomic E-state index is 0.460.